The number of carbonyl (C=O) groups is 1. The van der Waals surface area contributed by atoms with E-state index in [4.69, 9.17) is 14.2 Å². The van der Waals surface area contributed by atoms with E-state index in [1.165, 1.54) is 0 Å². The van der Waals surface area contributed by atoms with Gasteiger partial charge in [0, 0.05) is 12.5 Å². The van der Waals surface area contributed by atoms with Crippen LogP contribution in [0.15, 0.2) is 42.5 Å². The lowest BCUT2D eigenvalue weighted by atomic mass is 10.1. The van der Waals surface area contributed by atoms with Gasteiger partial charge >= 0.3 is 12.1 Å². The maximum absolute atomic E-state index is 13.3. The molecule has 10 heteroatoms. The summed E-state index contributed by atoms with van der Waals surface area (Å²) < 4.78 is 68.0. The van der Waals surface area contributed by atoms with E-state index in [9.17, 15) is 32.6 Å². The topological polar surface area (TPSA) is 85.2 Å². The maximum Gasteiger partial charge on any atom is 0.419 e. The lowest BCUT2D eigenvalue weighted by Gasteiger charge is -2.18. The molecule has 0 aliphatic heterocycles. The molecule has 2 aromatic carbocycles. The third-order valence-electron chi connectivity index (χ3n) is 4.15. The number of ether oxygens (including phenoxy) is 3. The Morgan fingerprint density at radius 2 is 1.75 bits per heavy atom. The molecule has 0 aliphatic carbocycles. The molecule has 2 atom stereocenters. The smallest absolute Gasteiger partial charge is 0.419 e. The number of alkyl halides is 3. The summed E-state index contributed by atoms with van der Waals surface area (Å²) in [6.45, 7) is 2.57. The second kappa shape index (κ2) is 11.1. The van der Waals surface area contributed by atoms with E-state index >= 15 is 0 Å². The normalized spacial score (nSPS) is 13.6. The molecule has 2 N–H and O–H groups in total. The Kier molecular flexibility index (Phi) is 8.85. The van der Waals surface area contributed by atoms with Crippen molar-refractivity contribution in [2.24, 2.45) is 0 Å². The molecule has 0 radical (unpaired) electrons. The molecule has 0 spiro atoms. The molecule has 176 valence electrons. The predicted octanol–water partition coefficient (Wildman–Crippen LogP) is 4.08. The van der Waals surface area contributed by atoms with Crippen LogP contribution in [0.4, 0.5) is 17.6 Å². The third kappa shape index (κ3) is 8.01. The number of carboxylic acids is 1. The molecule has 0 heterocycles. The second-order valence-electron chi connectivity index (χ2n) is 7.28. The summed E-state index contributed by atoms with van der Waals surface area (Å²) in [6, 6.07) is 8.29. The summed E-state index contributed by atoms with van der Waals surface area (Å²) in [7, 11) is 0. The van der Waals surface area contributed by atoms with Crippen molar-refractivity contribution in [3.05, 3.63) is 59.4 Å². The molecule has 2 aromatic rings. The summed E-state index contributed by atoms with van der Waals surface area (Å²) >= 11 is 0. The highest BCUT2D eigenvalue weighted by atomic mass is 19.4. The lowest BCUT2D eigenvalue weighted by Crippen LogP contribution is -2.29. The molecule has 0 bridgehead atoms. The van der Waals surface area contributed by atoms with Crippen molar-refractivity contribution in [2.45, 2.75) is 44.8 Å². The van der Waals surface area contributed by atoms with Crippen LogP contribution < -0.4 is 9.47 Å². The van der Waals surface area contributed by atoms with Crippen LogP contribution in [0.2, 0.25) is 0 Å². The van der Waals surface area contributed by atoms with Gasteiger partial charge in [-0.2, -0.15) is 13.2 Å². The first-order chi connectivity index (χ1) is 15.0. The van der Waals surface area contributed by atoms with Gasteiger partial charge in [0.05, 0.1) is 11.7 Å². The number of aliphatic hydroxyl groups is 1. The average molecular weight is 460 g/mol. The number of aliphatic hydroxyl groups excluding tert-OH is 1. The number of carboxylic acid groups (broad SMARTS) is 1. The van der Waals surface area contributed by atoms with Crippen molar-refractivity contribution < 1.29 is 46.8 Å². The van der Waals surface area contributed by atoms with Gasteiger partial charge in [-0.15, -0.1) is 0 Å². The van der Waals surface area contributed by atoms with Crippen LogP contribution >= 0.6 is 0 Å². The van der Waals surface area contributed by atoms with Gasteiger partial charge in [-0.3, -0.25) is 0 Å². The van der Waals surface area contributed by atoms with E-state index in [1.807, 2.05) is 0 Å². The van der Waals surface area contributed by atoms with Crippen LogP contribution in [0.25, 0.3) is 0 Å². The van der Waals surface area contributed by atoms with Gasteiger partial charge in [0.15, 0.2) is 6.10 Å². The van der Waals surface area contributed by atoms with Gasteiger partial charge in [-0.05, 0) is 43.7 Å². The Bertz CT molecular complexity index is 900. The van der Waals surface area contributed by atoms with Crippen LogP contribution in [-0.2, 0) is 22.1 Å². The second-order valence-corrected chi connectivity index (χ2v) is 7.28. The summed E-state index contributed by atoms with van der Waals surface area (Å²) in [5.74, 6) is -2.43. The number of hydrogen-bond donors (Lipinski definition) is 2. The van der Waals surface area contributed by atoms with Gasteiger partial charge in [-0.1, -0.05) is 12.1 Å². The van der Waals surface area contributed by atoms with Crippen LogP contribution in [0.1, 0.15) is 25.0 Å². The van der Waals surface area contributed by atoms with E-state index in [0.717, 1.165) is 0 Å². The van der Waals surface area contributed by atoms with Crippen molar-refractivity contribution >= 4 is 5.97 Å². The van der Waals surface area contributed by atoms with E-state index in [2.05, 4.69) is 0 Å². The van der Waals surface area contributed by atoms with E-state index in [0.29, 0.717) is 29.5 Å². The zero-order valence-corrected chi connectivity index (χ0v) is 17.4. The van der Waals surface area contributed by atoms with Crippen LogP contribution in [0.3, 0.4) is 0 Å². The molecular weight excluding hydrogens is 436 g/mol. The minimum atomic E-state index is -4.74. The van der Waals surface area contributed by atoms with Gasteiger partial charge in [0.25, 0.3) is 0 Å². The molecule has 0 aliphatic rings. The first-order valence-corrected chi connectivity index (χ1v) is 9.73. The van der Waals surface area contributed by atoms with Crippen molar-refractivity contribution in [2.75, 3.05) is 13.2 Å². The average Bonchev–Trinajstić information content (AvgIpc) is 2.69. The predicted molar refractivity (Wildman–Crippen MR) is 106 cm³/mol. The first kappa shape index (κ1) is 25.4. The molecule has 0 amide bonds. The molecule has 32 heavy (non-hydrogen) atoms. The number of aliphatic carboxylic acids is 1. The fourth-order valence-corrected chi connectivity index (χ4v) is 2.77. The number of halogens is 4. The van der Waals surface area contributed by atoms with Gasteiger partial charge in [0.2, 0.25) is 0 Å². The Hall–Kier alpha value is -2.85. The van der Waals surface area contributed by atoms with Gasteiger partial charge < -0.3 is 24.4 Å². The Labute approximate surface area is 182 Å². The highest BCUT2D eigenvalue weighted by Gasteiger charge is 2.34. The quantitative estimate of drug-likeness (QED) is 0.492. The molecule has 0 aromatic heterocycles. The minimum Gasteiger partial charge on any atom is -0.491 e. The molecule has 2 rings (SSSR count). The molecule has 0 saturated heterocycles. The zero-order valence-electron chi connectivity index (χ0n) is 17.4. The van der Waals surface area contributed by atoms with E-state index in [1.54, 1.807) is 38.1 Å². The maximum atomic E-state index is 13.3. The minimum absolute atomic E-state index is 0.0934. The number of rotatable bonds is 11. The van der Waals surface area contributed by atoms with Gasteiger partial charge in [0.1, 0.15) is 36.6 Å². The molecular formula is C22H24F4O6. The number of benzene rings is 2. The third-order valence-corrected chi connectivity index (χ3v) is 4.15. The Morgan fingerprint density at radius 3 is 2.38 bits per heavy atom. The Morgan fingerprint density at radius 1 is 1.06 bits per heavy atom. The largest absolute Gasteiger partial charge is 0.491 e. The molecule has 0 unspecified atom stereocenters. The van der Waals surface area contributed by atoms with Crippen molar-refractivity contribution in [1.29, 1.82) is 0 Å². The summed E-state index contributed by atoms with van der Waals surface area (Å²) in [5.41, 5.74) is -0.535. The highest BCUT2D eigenvalue weighted by molar-refractivity contribution is 5.72. The summed E-state index contributed by atoms with van der Waals surface area (Å²) in [6.07, 6.45) is -7.27. The monoisotopic (exact) mass is 460 g/mol. The lowest BCUT2D eigenvalue weighted by molar-refractivity contribution is -0.153. The Balaban J connectivity index is 1.94. The van der Waals surface area contributed by atoms with E-state index < -0.39 is 48.1 Å². The molecule has 0 saturated carbocycles. The van der Waals surface area contributed by atoms with Crippen molar-refractivity contribution in [3.8, 4) is 11.5 Å². The fourth-order valence-electron chi connectivity index (χ4n) is 2.77. The zero-order chi connectivity index (χ0) is 23.9. The summed E-state index contributed by atoms with van der Waals surface area (Å²) in [5, 5.41) is 19.3. The van der Waals surface area contributed by atoms with Crippen LogP contribution in [-0.4, -0.2) is 47.7 Å². The van der Waals surface area contributed by atoms with Crippen LogP contribution in [0.5, 0.6) is 11.5 Å². The fraction of sp³-hybridized carbons (Fsp3) is 0.409. The van der Waals surface area contributed by atoms with Crippen LogP contribution in [0, 0.1) is 5.82 Å². The highest BCUT2D eigenvalue weighted by Crippen LogP contribution is 2.36. The standard InChI is InChI=1S/C22H24F4O6/c1-13(2)32-20(21(28)29)9-14-4-3-5-17(8-14)30-11-16(27)12-31-19-10-15(23)6-7-18(19)22(24,25)26/h3-8,10,13,16,20,27H,9,11-12H2,1-2H3,(H,28,29)/t16-,20+/m1/s1. The SMILES string of the molecule is CC(C)O[C@@H](Cc1cccc(OC[C@@H](O)COc2cc(F)ccc2C(F)(F)F)c1)C(=O)O. The molecule has 6 nitrogen and oxygen atoms in total. The number of hydrogen-bond acceptors (Lipinski definition) is 5. The summed E-state index contributed by atoms with van der Waals surface area (Å²) in [4.78, 5) is 11.3. The molecule has 0 fully saturated rings. The first-order valence-electron chi connectivity index (χ1n) is 9.73. The van der Waals surface area contributed by atoms with Gasteiger partial charge in [-0.25, -0.2) is 9.18 Å². The van der Waals surface area contributed by atoms with Crippen molar-refractivity contribution in [1.82, 2.24) is 0 Å². The van der Waals surface area contributed by atoms with Crippen molar-refractivity contribution in [3.63, 3.8) is 0 Å². The van der Waals surface area contributed by atoms with E-state index in [-0.39, 0.29) is 19.1 Å².